The number of benzene rings is 2. The first-order chi connectivity index (χ1) is 18.4. The molecule has 0 aliphatic heterocycles. The number of rotatable bonds is 10. The summed E-state index contributed by atoms with van der Waals surface area (Å²) in [5.41, 5.74) is 0.918. The third kappa shape index (κ3) is 6.96. The number of amides is 1. The molecular weight excluding hydrogens is 528 g/mol. The quantitative estimate of drug-likeness (QED) is 0.218. The monoisotopic (exact) mass is 558 g/mol. The lowest BCUT2D eigenvalue weighted by molar-refractivity contribution is -0.384. The number of ether oxygens (including phenoxy) is 3. The van der Waals surface area contributed by atoms with Crippen LogP contribution in [0.1, 0.15) is 42.5 Å². The summed E-state index contributed by atoms with van der Waals surface area (Å²) < 4.78 is 16.1. The molecule has 0 unspecified atom stereocenters. The molecule has 208 valence electrons. The number of aromatic nitrogens is 2. The summed E-state index contributed by atoms with van der Waals surface area (Å²) in [6.07, 6.45) is 6.32. The zero-order valence-corrected chi connectivity index (χ0v) is 22.7. The number of nitrogens with zero attached hydrogens (tertiary/aromatic N) is 3. The van der Waals surface area contributed by atoms with Gasteiger partial charge in [-0.05, 0) is 25.0 Å². The molecule has 1 aliphatic carbocycles. The fraction of sp³-hybridized carbons (Fsp3) is 0.346. The van der Waals surface area contributed by atoms with Gasteiger partial charge in [-0.15, -0.1) is 12.4 Å². The van der Waals surface area contributed by atoms with Crippen molar-refractivity contribution >= 4 is 47.1 Å². The molecule has 12 nitrogen and oxygen atoms in total. The van der Waals surface area contributed by atoms with Crippen LogP contribution < -0.4 is 30.2 Å². The van der Waals surface area contributed by atoms with Crippen LogP contribution in [0.15, 0.2) is 42.6 Å². The fourth-order valence-electron chi connectivity index (χ4n) is 4.37. The minimum absolute atomic E-state index is 0. The molecule has 0 bridgehead atoms. The number of para-hydroxylation sites is 1. The van der Waals surface area contributed by atoms with Crippen molar-refractivity contribution in [1.82, 2.24) is 15.3 Å². The number of hydrogen-bond acceptors (Lipinski definition) is 10. The molecule has 1 saturated carbocycles. The number of nitro groups is 1. The SMILES string of the molecule is COc1cc(Nc2ncc([N+](=O)[O-])c(Nc3ccccc3C(=O)NC3CCCCC3)n2)cc(OC)c1OC.Cl. The molecule has 39 heavy (non-hydrogen) atoms. The molecular formula is C26H31ClN6O6. The van der Waals surface area contributed by atoms with Crippen LogP contribution in [0.25, 0.3) is 0 Å². The van der Waals surface area contributed by atoms with E-state index in [1.165, 1.54) is 27.8 Å². The summed E-state index contributed by atoms with van der Waals surface area (Å²) in [5, 5.41) is 20.8. The van der Waals surface area contributed by atoms with E-state index in [0.29, 0.717) is 34.2 Å². The highest BCUT2D eigenvalue weighted by molar-refractivity contribution is 6.00. The van der Waals surface area contributed by atoms with Gasteiger partial charge in [0.05, 0.1) is 37.5 Å². The van der Waals surface area contributed by atoms with Gasteiger partial charge >= 0.3 is 5.69 Å². The van der Waals surface area contributed by atoms with Gasteiger partial charge in [0, 0.05) is 23.9 Å². The average Bonchev–Trinajstić information content (AvgIpc) is 2.93. The summed E-state index contributed by atoms with van der Waals surface area (Å²) >= 11 is 0. The van der Waals surface area contributed by atoms with E-state index in [0.717, 1.165) is 31.9 Å². The van der Waals surface area contributed by atoms with Gasteiger partial charge in [0.1, 0.15) is 6.20 Å². The zero-order valence-electron chi connectivity index (χ0n) is 21.9. The van der Waals surface area contributed by atoms with E-state index in [1.807, 2.05) is 0 Å². The van der Waals surface area contributed by atoms with E-state index in [4.69, 9.17) is 14.2 Å². The molecule has 0 saturated heterocycles. The Morgan fingerprint density at radius 2 is 1.67 bits per heavy atom. The fourth-order valence-corrected chi connectivity index (χ4v) is 4.37. The Balaban J connectivity index is 0.00000420. The van der Waals surface area contributed by atoms with E-state index in [1.54, 1.807) is 36.4 Å². The molecule has 2 aromatic carbocycles. The first-order valence-corrected chi connectivity index (χ1v) is 12.2. The van der Waals surface area contributed by atoms with Gasteiger partial charge in [0.25, 0.3) is 5.91 Å². The summed E-state index contributed by atoms with van der Waals surface area (Å²) in [6, 6.07) is 10.3. The highest BCUT2D eigenvalue weighted by Crippen LogP contribution is 2.40. The van der Waals surface area contributed by atoms with E-state index < -0.39 is 4.92 Å². The standard InChI is InChI=1S/C26H30N6O6.ClH/c1-36-21-13-17(14-22(37-2)23(21)38-3)29-26-27-15-20(32(34)35)24(31-26)30-19-12-8-7-11-18(19)25(33)28-16-9-5-4-6-10-16;/h7-8,11-16H,4-6,9-10H2,1-3H3,(H,28,33)(H2,27,29,30,31);1H. The molecule has 3 aromatic rings. The Labute approximate surface area is 232 Å². The first-order valence-electron chi connectivity index (χ1n) is 12.2. The second-order valence-electron chi connectivity index (χ2n) is 8.70. The van der Waals surface area contributed by atoms with Gasteiger partial charge in [0.2, 0.25) is 17.5 Å². The largest absolute Gasteiger partial charge is 0.493 e. The molecule has 1 aliphatic rings. The van der Waals surface area contributed by atoms with Crippen LogP contribution in [0.4, 0.5) is 28.8 Å². The molecule has 0 atom stereocenters. The summed E-state index contributed by atoms with van der Waals surface area (Å²) in [5.74, 6) is 0.998. The predicted molar refractivity (Wildman–Crippen MR) is 149 cm³/mol. The van der Waals surface area contributed by atoms with Crippen molar-refractivity contribution < 1.29 is 23.9 Å². The zero-order chi connectivity index (χ0) is 27.1. The molecule has 3 N–H and O–H groups in total. The third-order valence-corrected chi connectivity index (χ3v) is 6.25. The third-order valence-electron chi connectivity index (χ3n) is 6.25. The van der Waals surface area contributed by atoms with Gasteiger partial charge in [-0.25, -0.2) is 4.98 Å². The summed E-state index contributed by atoms with van der Waals surface area (Å²) in [7, 11) is 4.48. The number of hydrogen-bond donors (Lipinski definition) is 3. The molecule has 1 heterocycles. The minimum atomic E-state index is -0.587. The van der Waals surface area contributed by atoms with Crippen LogP contribution in [0.5, 0.6) is 17.2 Å². The topological polar surface area (TPSA) is 150 Å². The normalized spacial score (nSPS) is 13.0. The Hall–Kier alpha value is -4.32. The van der Waals surface area contributed by atoms with Crippen LogP contribution >= 0.6 is 12.4 Å². The van der Waals surface area contributed by atoms with Gasteiger partial charge < -0.3 is 30.2 Å². The average molecular weight is 559 g/mol. The van der Waals surface area contributed by atoms with Gasteiger partial charge in [0.15, 0.2) is 11.5 Å². The minimum Gasteiger partial charge on any atom is -0.493 e. The number of anilines is 4. The maximum Gasteiger partial charge on any atom is 0.329 e. The molecule has 0 spiro atoms. The molecule has 1 fully saturated rings. The van der Waals surface area contributed by atoms with E-state index >= 15 is 0 Å². The Kier molecular flexibility index (Phi) is 10.1. The molecule has 0 radical (unpaired) electrons. The van der Waals surface area contributed by atoms with Crippen molar-refractivity contribution in [1.29, 1.82) is 0 Å². The number of carbonyl (C=O) groups is 1. The molecule has 13 heteroatoms. The van der Waals surface area contributed by atoms with Gasteiger partial charge in [-0.3, -0.25) is 14.9 Å². The van der Waals surface area contributed by atoms with E-state index in [-0.39, 0.29) is 41.8 Å². The summed E-state index contributed by atoms with van der Waals surface area (Å²) in [6.45, 7) is 0. The van der Waals surface area contributed by atoms with Gasteiger partial charge in [-0.2, -0.15) is 4.98 Å². The van der Waals surface area contributed by atoms with Crippen LogP contribution in [0.3, 0.4) is 0 Å². The lowest BCUT2D eigenvalue weighted by Gasteiger charge is -2.23. The Morgan fingerprint density at radius 3 is 2.28 bits per heavy atom. The maximum atomic E-state index is 13.1. The van der Waals surface area contributed by atoms with Crippen molar-refractivity contribution in [3.05, 3.63) is 58.3 Å². The lowest BCUT2D eigenvalue weighted by atomic mass is 9.95. The van der Waals surface area contributed by atoms with Crippen LogP contribution in [-0.4, -0.2) is 48.2 Å². The van der Waals surface area contributed by atoms with Gasteiger partial charge in [-0.1, -0.05) is 31.4 Å². The van der Waals surface area contributed by atoms with Crippen molar-refractivity contribution in [2.45, 2.75) is 38.1 Å². The van der Waals surface area contributed by atoms with E-state index in [9.17, 15) is 14.9 Å². The number of halogens is 1. The second-order valence-corrected chi connectivity index (χ2v) is 8.70. The van der Waals surface area contributed by atoms with Crippen molar-refractivity contribution in [2.24, 2.45) is 0 Å². The van der Waals surface area contributed by atoms with Crippen LogP contribution in [-0.2, 0) is 0 Å². The lowest BCUT2D eigenvalue weighted by Crippen LogP contribution is -2.36. The first kappa shape index (κ1) is 29.2. The number of nitrogens with one attached hydrogen (secondary N) is 3. The van der Waals surface area contributed by atoms with Crippen molar-refractivity contribution in [3.63, 3.8) is 0 Å². The van der Waals surface area contributed by atoms with Crippen molar-refractivity contribution in [3.8, 4) is 17.2 Å². The Bertz CT molecular complexity index is 1290. The molecule has 4 rings (SSSR count). The highest BCUT2D eigenvalue weighted by atomic mass is 35.5. The number of methoxy groups -OCH3 is 3. The maximum absolute atomic E-state index is 13.1. The number of carbonyl (C=O) groups excluding carboxylic acids is 1. The van der Waals surface area contributed by atoms with Crippen LogP contribution in [0, 0.1) is 10.1 Å². The molecule has 1 amide bonds. The smallest absolute Gasteiger partial charge is 0.329 e. The highest BCUT2D eigenvalue weighted by Gasteiger charge is 2.22. The van der Waals surface area contributed by atoms with Crippen LogP contribution in [0.2, 0.25) is 0 Å². The van der Waals surface area contributed by atoms with E-state index in [2.05, 4.69) is 25.9 Å². The second kappa shape index (κ2) is 13.5. The summed E-state index contributed by atoms with van der Waals surface area (Å²) in [4.78, 5) is 32.6. The Morgan fingerprint density at radius 1 is 1.00 bits per heavy atom. The molecule has 1 aromatic heterocycles. The predicted octanol–water partition coefficient (Wildman–Crippen LogP) is 5.38. The van der Waals surface area contributed by atoms with Crippen molar-refractivity contribution in [2.75, 3.05) is 32.0 Å².